The topological polar surface area (TPSA) is 60.5 Å². The predicted octanol–water partition coefficient (Wildman–Crippen LogP) is 4.40. The maximum absolute atomic E-state index is 13.5. The molecule has 0 unspecified atom stereocenters. The Morgan fingerprint density at radius 1 is 1.08 bits per heavy atom. The number of likely N-dealkylation sites (tertiary alicyclic amines) is 1. The zero-order chi connectivity index (χ0) is 24.9. The van der Waals surface area contributed by atoms with Crippen molar-refractivity contribution in [3.05, 3.63) is 83.9 Å². The molecular formula is C29H34FN5O. The van der Waals surface area contributed by atoms with Gasteiger partial charge in [-0.05, 0) is 55.2 Å². The van der Waals surface area contributed by atoms with Crippen LogP contribution >= 0.6 is 0 Å². The highest BCUT2D eigenvalue weighted by atomic mass is 19.1. The lowest BCUT2D eigenvalue weighted by atomic mass is 10.00. The maximum atomic E-state index is 13.5. The molecule has 0 spiro atoms. The second kappa shape index (κ2) is 11.2. The second-order valence-electron chi connectivity index (χ2n) is 9.91. The Morgan fingerprint density at radius 3 is 2.64 bits per heavy atom. The Hall–Kier alpha value is -3.29. The predicted molar refractivity (Wildman–Crippen MR) is 141 cm³/mol. The number of rotatable bonds is 6. The van der Waals surface area contributed by atoms with Gasteiger partial charge in [0.15, 0.2) is 0 Å². The van der Waals surface area contributed by atoms with Gasteiger partial charge < -0.3 is 15.5 Å². The molecule has 3 heterocycles. The molecule has 5 rings (SSSR count). The molecule has 0 radical (unpaired) electrons. The van der Waals surface area contributed by atoms with Gasteiger partial charge in [-0.25, -0.2) is 4.39 Å². The quantitative estimate of drug-likeness (QED) is 0.540. The van der Waals surface area contributed by atoms with E-state index in [0.717, 1.165) is 55.8 Å². The molecule has 2 saturated heterocycles. The van der Waals surface area contributed by atoms with Gasteiger partial charge >= 0.3 is 0 Å². The standard InChI is InChI=1S/C29H34FN5O/c1-21-19-34(17-14-31-21)20-22-7-9-23(10-8-22)27-6-3-13-32-28(27)29(36)35-15-11-25(12-16-35)33-26-5-2-4-24(30)18-26/h2-10,13,18,21,25,31,33H,11-12,14-17,19-20H2,1H3/t21-/m0/s1. The number of aromatic nitrogens is 1. The van der Waals surface area contributed by atoms with Gasteiger partial charge in [-0.3, -0.25) is 14.7 Å². The number of piperazine rings is 1. The fourth-order valence-electron chi connectivity index (χ4n) is 5.20. The first-order valence-corrected chi connectivity index (χ1v) is 12.9. The Kier molecular flexibility index (Phi) is 7.58. The summed E-state index contributed by atoms with van der Waals surface area (Å²) in [6.45, 7) is 7.58. The van der Waals surface area contributed by atoms with E-state index in [9.17, 15) is 9.18 Å². The number of amides is 1. The SMILES string of the molecule is C[C@H]1CN(Cc2ccc(-c3cccnc3C(=O)N3CCC(Nc4cccc(F)c4)CC3)cc2)CCN1. The lowest BCUT2D eigenvalue weighted by molar-refractivity contribution is 0.0713. The Bertz CT molecular complexity index is 1180. The number of hydrogen-bond donors (Lipinski definition) is 2. The van der Waals surface area contributed by atoms with Crippen molar-refractivity contribution in [3.63, 3.8) is 0 Å². The lowest BCUT2D eigenvalue weighted by Crippen LogP contribution is -2.48. The molecule has 7 heteroatoms. The Morgan fingerprint density at radius 2 is 1.89 bits per heavy atom. The number of nitrogens with one attached hydrogen (secondary N) is 2. The van der Waals surface area contributed by atoms with Crippen molar-refractivity contribution in [1.29, 1.82) is 0 Å². The first-order chi connectivity index (χ1) is 17.5. The molecule has 3 aromatic rings. The number of pyridine rings is 1. The zero-order valence-electron chi connectivity index (χ0n) is 20.8. The van der Waals surface area contributed by atoms with Gasteiger partial charge in [0.2, 0.25) is 0 Å². The van der Waals surface area contributed by atoms with E-state index in [4.69, 9.17) is 0 Å². The maximum Gasteiger partial charge on any atom is 0.273 e. The normalized spacial score (nSPS) is 19.3. The average molecular weight is 488 g/mol. The summed E-state index contributed by atoms with van der Waals surface area (Å²) in [5.41, 5.74) is 4.42. The molecule has 2 aliphatic rings. The molecule has 6 nitrogen and oxygen atoms in total. The van der Waals surface area contributed by atoms with Gasteiger partial charge in [0.1, 0.15) is 11.5 Å². The van der Waals surface area contributed by atoms with Gasteiger partial charge in [0.05, 0.1) is 0 Å². The molecule has 1 aromatic heterocycles. The lowest BCUT2D eigenvalue weighted by Gasteiger charge is -2.33. The fraction of sp³-hybridized carbons (Fsp3) is 0.379. The van der Waals surface area contributed by atoms with E-state index >= 15 is 0 Å². The molecule has 1 amide bonds. The number of anilines is 1. The minimum atomic E-state index is -0.248. The largest absolute Gasteiger partial charge is 0.382 e. The first-order valence-electron chi connectivity index (χ1n) is 12.9. The summed E-state index contributed by atoms with van der Waals surface area (Å²) < 4.78 is 13.5. The number of benzene rings is 2. The monoisotopic (exact) mass is 487 g/mol. The van der Waals surface area contributed by atoms with Crippen LogP contribution in [0.5, 0.6) is 0 Å². The van der Waals surface area contributed by atoms with Crippen LogP contribution in [0.1, 0.15) is 35.8 Å². The highest BCUT2D eigenvalue weighted by molar-refractivity contribution is 5.99. The molecule has 2 fully saturated rings. The molecule has 188 valence electrons. The van der Waals surface area contributed by atoms with Gasteiger partial charge in [0, 0.05) is 68.8 Å². The minimum absolute atomic E-state index is 0.0336. The van der Waals surface area contributed by atoms with Crippen molar-refractivity contribution in [2.24, 2.45) is 0 Å². The molecular weight excluding hydrogens is 453 g/mol. The van der Waals surface area contributed by atoms with Crippen LogP contribution in [0, 0.1) is 5.82 Å². The number of carbonyl (C=O) groups excluding carboxylic acids is 1. The van der Waals surface area contributed by atoms with E-state index in [0.29, 0.717) is 24.8 Å². The summed E-state index contributed by atoms with van der Waals surface area (Å²) in [4.78, 5) is 22.3. The van der Waals surface area contributed by atoms with E-state index in [2.05, 4.69) is 51.7 Å². The van der Waals surface area contributed by atoms with Crippen molar-refractivity contribution in [2.75, 3.05) is 38.0 Å². The summed E-state index contributed by atoms with van der Waals surface area (Å²) in [5.74, 6) is -0.282. The minimum Gasteiger partial charge on any atom is -0.382 e. The van der Waals surface area contributed by atoms with Crippen LogP contribution in [0.25, 0.3) is 11.1 Å². The van der Waals surface area contributed by atoms with E-state index in [1.807, 2.05) is 23.1 Å². The van der Waals surface area contributed by atoms with Crippen LogP contribution in [0.3, 0.4) is 0 Å². The zero-order valence-corrected chi connectivity index (χ0v) is 20.8. The van der Waals surface area contributed by atoms with Crippen LogP contribution in [-0.4, -0.2) is 65.5 Å². The molecule has 1 atom stereocenters. The number of halogens is 1. The second-order valence-corrected chi connectivity index (χ2v) is 9.91. The van der Waals surface area contributed by atoms with E-state index in [1.54, 1.807) is 12.3 Å². The molecule has 0 saturated carbocycles. The van der Waals surface area contributed by atoms with E-state index < -0.39 is 0 Å². The molecule has 0 aliphatic carbocycles. The third kappa shape index (κ3) is 5.91. The van der Waals surface area contributed by atoms with Crippen LogP contribution in [0.2, 0.25) is 0 Å². The summed E-state index contributed by atoms with van der Waals surface area (Å²) in [5, 5.41) is 6.88. The van der Waals surface area contributed by atoms with Gasteiger partial charge in [-0.1, -0.05) is 36.4 Å². The number of piperidine rings is 1. The summed E-state index contributed by atoms with van der Waals surface area (Å²) in [6, 6.07) is 19.6. The van der Waals surface area contributed by atoms with Gasteiger partial charge in [-0.2, -0.15) is 0 Å². The average Bonchev–Trinajstić information content (AvgIpc) is 2.89. The fourth-order valence-corrected chi connectivity index (χ4v) is 5.20. The number of carbonyl (C=O) groups is 1. The van der Waals surface area contributed by atoms with E-state index in [-0.39, 0.29) is 17.8 Å². The molecule has 2 aliphatic heterocycles. The smallest absolute Gasteiger partial charge is 0.273 e. The van der Waals surface area contributed by atoms with E-state index in [1.165, 1.54) is 17.7 Å². The van der Waals surface area contributed by atoms with Gasteiger partial charge in [-0.15, -0.1) is 0 Å². The Balaban J connectivity index is 1.22. The summed E-state index contributed by atoms with van der Waals surface area (Å²) >= 11 is 0. The van der Waals surface area contributed by atoms with Crippen LogP contribution in [0.4, 0.5) is 10.1 Å². The van der Waals surface area contributed by atoms with Crippen molar-refractivity contribution in [1.82, 2.24) is 20.1 Å². The first kappa shape index (κ1) is 24.4. The third-order valence-corrected chi connectivity index (χ3v) is 7.11. The van der Waals surface area contributed by atoms with Crippen LogP contribution in [-0.2, 0) is 6.54 Å². The third-order valence-electron chi connectivity index (χ3n) is 7.11. The molecule has 2 aromatic carbocycles. The van der Waals surface area contributed by atoms with Crippen LogP contribution < -0.4 is 10.6 Å². The van der Waals surface area contributed by atoms with Gasteiger partial charge in [0.25, 0.3) is 5.91 Å². The van der Waals surface area contributed by atoms with Crippen LogP contribution in [0.15, 0.2) is 66.9 Å². The number of nitrogens with zero attached hydrogens (tertiary/aromatic N) is 3. The summed E-state index contributed by atoms with van der Waals surface area (Å²) in [7, 11) is 0. The highest BCUT2D eigenvalue weighted by Crippen LogP contribution is 2.26. The molecule has 36 heavy (non-hydrogen) atoms. The highest BCUT2D eigenvalue weighted by Gasteiger charge is 2.26. The molecule has 2 N–H and O–H groups in total. The van der Waals surface area contributed by atoms with Crippen molar-refractivity contribution in [2.45, 2.75) is 38.4 Å². The molecule has 0 bridgehead atoms. The summed E-state index contributed by atoms with van der Waals surface area (Å²) in [6.07, 6.45) is 3.31. The Labute approximate surface area is 212 Å². The van der Waals surface area contributed by atoms with Crippen molar-refractivity contribution >= 4 is 11.6 Å². The van der Waals surface area contributed by atoms with Crippen molar-refractivity contribution < 1.29 is 9.18 Å². The number of hydrogen-bond acceptors (Lipinski definition) is 5. The van der Waals surface area contributed by atoms with Crippen molar-refractivity contribution in [3.8, 4) is 11.1 Å².